The van der Waals surface area contributed by atoms with Crippen LogP contribution in [0.2, 0.25) is 0 Å². The summed E-state index contributed by atoms with van der Waals surface area (Å²) in [7, 11) is 0. The van der Waals surface area contributed by atoms with Crippen molar-refractivity contribution in [2.45, 2.75) is 6.92 Å². The minimum absolute atomic E-state index is 0.182. The first kappa shape index (κ1) is 19.1. The normalized spacial score (nSPS) is 10.3. The number of anilines is 2. The van der Waals surface area contributed by atoms with Crippen molar-refractivity contribution in [2.75, 3.05) is 17.2 Å². The number of rotatable bonds is 5. The van der Waals surface area contributed by atoms with Gasteiger partial charge in [-0.2, -0.15) is 0 Å². The fourth-order valence-corrected chi connectivity index (χ4v) is 3.60. The lowest BCUT2D eigenvalue weighted by molar-refractivity contribution is 0.103. The number of nitrogens with one attached hydrogen (secondary N) is 3. The SMILES string of the molecule is CCNC(=O)Nc1cccc(NC(=O)c2ccc(-c3ccc(Br)cc3)s2)c1. The van der Waals surface area contributed by atoms with Gasteiger partial charge in [0.1, 0.15) is 0 Å². The van der Waals surface area contributed by atoms with Crippen molar-refractivity contribution in [1.82, 2.24) is 5.32 Å². The van der Waals surface area contributed by atoms with E-state index in [1.165, 1.54) is 11.3 Å². The van der Waals surface area contributed by atoms with E-state index in [1.807, 2.05) is 43.3 Å². The third-order valence-electron chi connectivity index (χ3n) is 3.67. The van der Waals surface area contributed by atoms with E-state index < -0.39 is 0 Å². The Bertz CT molecular complexity index is 954. The van der Waals surface area contributed by atoms with Gasteiger partial charge in [0.05, 0.1) is 4.88 Å². The molecule has 0 fully saturated rings. The average Bonchev–Trinajstić information content (AvgIpc) is 3.13. The van der Waals surface area contributed by atoms with E-state index in [-0.39, 0.29) is 11.9 Å². The van der Waals surface area contributed by atoms with Crippen LogP contribution in [0.5, 0.6) is 0 Å². The third-order valence-corrected chi connectivity index (χ3v) is 5.34. The maximum atomic E-state index is 12.5. The predicted octanol–water partition coefficient (Wildman–Crippen LogP) is 5.57. The van der Waals surface area contributed by atoms with Gasteiger partial charge in [0, 0.05) is 27.3 Å². The Hall–Kier alpha value is -2.64. The highest BCUT2D eigenvalue weighted by Gasteiger charge is 2.11. The molecule has 0 saturated carbocycles. The fraction of sp³-hybridized carbons (Fsp3) is 0.100. The number of urea groups is 1. The molecule has 5 nitrogen and oxygen atoms in total. The van der Waals surface area contributed by atoms with Crippen LogP contribution in [0.25, 0.3) is 10.4 Å². The van der Waals surface area contributed by atoms with Gasteiger partial charge in [0.25, 0.3) is 5.91 Å². The second-order valence-corrected chi connectivity index (χ2v) is 7.69. The molecular formula is C20H18BrN3O2S. The van der Waals surface area contributed by atoms with Crippen LogP contribution in [0.3, 0.4) is 0 Å². The topological polar surface area (TPSA) is 70.2 Å². The van der Waals surface area contributed by atoms with E-state index in [1.54, 1.807) is 24.3 Å². The zero-order valence-corrected chi connectivity index (χ0v) is 17.0. The maximum Gasteiger partial charge on any atom is 0.319 e. The van der Waals surface area contributed by atoms with Crippen LogP contribution in [0.15, 0.2) is 65.1 Å². The molecule has 0 atom stereocenters. The Balaban J connectivity index is 1.69. The molecule has 0 aliphatic heterocycles. The summed E-state index contributed by atoms with van der Waals surface area (Å²) in [5.74, 6) is -0.182. The lowest BCUT2D eigenvalue weighted by Crippen LogP contribution is -2.28. The highest BCUT2D eigenvalue weighted by molar-refractivity contribution is 9.10. The van der Waals surface area contributed by atoms with E-state index in [0.29, 0.717) is 22.8 Å². The van der Waals surface area contributed by atoms with E-state index in [0.717, 1.165) is 14.9 Å². The number of hydrogen-bond acceptors (Lipinski definition) is 3. The lowest BCUT2D eigenvalue weighted by atomic mass is 10.2. The summed E-state index contributed by atoms with van der Waals surface area (Å²) in [4.78, 5) is 25.8. The molecule has 3 rings (SSSR count). The van der Waals surface area contributed by atoms with Gasteiger partial charge in [-0.3, -0.25) is 4.79 Å². The number of halogens is 1. The van der Waals surface area contributed by atoms with Crippen LogP contribution in [0.4, 0.5) is 16.2 Å². The van der Waals surface area contributed by atoms with Crippen molar-refractivity contribution < 1.29 is 9.59 Å². The largest absolute Gasteiger partial charge is 0.338 e. The van der Waals surface area contributed by atoms with Crippen molar-refractivity contribution in [2.24, 2.45) is 0 Å². The van der Waals surface area contributed by atoms with Crippen LogP contribution >= 0.6 is 27.3 Å². The van der Waals surface area contributed by atoms with E-state index in [2.05, 4.69) is 31.9 Å². The zero-order chi connectivity index (χ0) is 19.2. The Morgan fingerprint density at radius 2 is 1.67 bits per heavy atom. The minimum Gasteiger partial charge on any atom is -0.338 e. The molecule has 0 bridgehead atoms. The molecule has 0 radical (unpaired) electrons. The van der Waals surface area contributed by atoms with Gasteiger partial charge >= 0.3 is 6.03 Å². The Labute approximate surface area is 169 Å². The van der Waals surface area contributed by atoms with Crippen molar-refractivity contribution in [1.29, 1.82) is 0 Å². The monoisotopic (exact) mass is 443 g/mol. The van der Waals surface area contributed by atoms with Crippen LogP contribution in [-0.4, -0.2) is 18.5 Å². The number of amides is 3. The van der Waals surface area contributed by atoms with E-state index >= 15 is 0 Å². The molecule has 3 amide bonds. The molecule has 0 aliphatic rings. The van der Waals surface area contributed by atoms with Crippen LogP contribution in [-0.2, 0) is 0 Å². The van der Waals surface area contributed by atoms with Crippen LogP contribution < -0.4 is 16.0 Å². The first-order chi connectivity index (χ1) is 13.0. The highest BCUT2D eigenvalue weighted by Crippen LogP contribution is 2.29. The maximum absolute atomic E-state index is 12.5. The molecule has 0 saturated heterocycles. The Morgan fingerprint density at radius 1 is 0.963 bits per heavy atom. The molecule has 0 spiro atoms. The smallest absolute Gasteiger partial charge is 0.319 e. The average molecular weight is 444 g/mol. The number of thiophene rings is 1. The standard InChI is InChI=1S/C20H18BrN3O2S/c1-2-22-20(26)24-16-5-3-4-15(12-16)23-19(25)18-11-10-17(27-18)13-6-8-14(21)9-7-13/h3-12H,2H2,1H3,(H,23,25)(H2,22,24,26). The number of hydrogen-bond donors (Lipinski definition) is 3. The summed E-state index contributed by atoms with van der Waals surface area (Å²) >= 11 is 4.86. The van der Waals surface area contributed by atoms with E-state index in [4.69, 9.17) is 0 Å². The van der Waals surface area contributed by atoms with Gasteiger partial charge in [-0.15, -0.1) is 11.3 Å². The predicted molar refractivity (Wildman–Crippen MR) is 115 cm³/mol. The number of carbonyl (C=O) groups is 2. The zero-order valence-electron chi connectivity index (χ0n) is 14.6. The summed E-state index contributed by atoms with van der Waals surface area (Å²) in [6.07, 6.45) is 0. The molecule has 138 valence electrons. The molecule has 1 aromatic heterocycles. The van der Waals surface area contributed by atoms with Gasteiger partial charge in [0.2, 0.25) is 0 Å². The molecule has 0 unspecified atom stereocenters. The summed E-state index contributed by atoms with van der Waals surface area (Å²) in [6.45, 7) is 2.39. The molecule has 7 heteroatoms. The number of carbonyl (C=O) groups excluding carboxylic acids is 2. The summed E-state index contributed by atoms with van der Waals surface area (Å²) in [5.41, 5.74) is 2.30. The second-order valence-electron chi connectivity index (χ2n) is 5.69. The van der Waals surface area contributed by atoms with Crippen molar-refractivity contribution in [3.05, 3.63) is 70.0 Å². The highest BCUT2D eigenvalue weighted by atomic mass is 79.9. The Kier molecular flexibility index (Phi) is 6.26. The summed E-state index contributed by atoms with van der Waals surface area (Å²) in [5, 5.41) is 8.26. The first-order valence-corrected chi connectivity index (χ1v) is 9.98. The van der Waals surface area contributed by atoms with Gasteiger partial charge in [-0.05, 0) is 55.0 Å². The summed E-state index contributed by atoms with van der Waals surface area (Å²) in [6, 6.07) is 18.5. The Morgan fingerprint density at radius 3 is 2.37 bits per heavy atom. The van der Waals surface area contributed by atoms with Crippen molar-refractivity contribution in [3.63, 3.8) is 0 Å². The molecule has 3 N–H and O–H groups in total. The quantitative estimate of drug-likeness (QED) is 0.482. The first-order valence-electron chi connectivity index (χ1n) is 8.37. The second kappa shape index (κ2) is 8.83. The van der Waals surface area contributed by atoms with Gasteiger partial charge < -0.3 is 16.0 Å². The third kappa shape index (κ3) is 5.18. The lowest BCUT2D eigenvalue weighted by Gasteiger charge is -2.08. The van der Waals surface area contributed by atoms with Crippen LogP contribution in [0, 0.1) is 0 Å². The molecule has 2 aromatic carbocycles. The molecular weight excluding hydrogens is 426 g/mol. The molecule has 0 aliphatic carbocycles. The molecule has 27 heavy (non-hydrogen) atoms. The van der Waals surface area contributed by atoms with Gasteiger partial charge in [0.15, 0.2) is 0 Å². The molecule has 1 heterocycles. The van der Waals surface area contributed by atoms with E-state index in [9.17, 15) is 9.59 Å². The fourth-order valence-electron chi connectivity index (χ4n) is 2.43. The van der Waals surface area contributed by atoms with Gasteiger partial charge in [-0.1, -0.05) is 34.1 Å². The molecule has 3 aromatic rings. The summed E-state index contributed by atoms with van der Waals surface area (Å²) < 4.78 is 1.02. The van der Waals surface area contributed by atoms with Gasteiger partial charge in [-0.25, -0.2) is 4.79 Å². The van der Waals surface area contributed by atoms with Crippen LogP contribution in [0.1, 0.15) is 16.6 Å². The number of benzene rings is 2. The minimum atomic E-state index is -0.279. The van der Waals surface area contributed by atoms with Crippen molar-refractivity contribution in [3.8, 4) is 10.4 Å². The van der Waals surface area contributed by atoms with Crippen molar-refractivity contribution >= 4 is 50.6 Å².